The molecule has 0 aromatic heterocycles. The van der Waals surface area contributed by atoms with E-state index in [4.69, 9.17) is 5.73 Å². The van der Waals surface area contributed by atoms with Crippen LogP contribution in [-0.4, -0.2) is 24.4 Å². The first-order valence-electron chi connectivity index (χ1n) is 7.61. The van der Waals surface area contributed by atoms with Gasteiger partial charge in [-0.25, -0.2) is 0 Å². The first-order valence-corrected chi connectivity index (χ1v) is 7.61. The molecule has 1 saturated carbocycles. The van der Waals surface area contributed by atoms with E-state index in [9.17, 15) is 9.59 Å². The number of hydrogen-bond acceptors (Lipinski definition) is 3. The number of carbonyl (C=O) groups excluding carboxylic acids is 2. The van der Waals surface area contributed by atoms with Gasteiger partial charge in [-0.1, -0.05) is 19.3 Å². The smallest absolute Gasteiger partial charge is 0.240 e. The maximum atomic E-state index is 12.2. The fourth-order valence-corrected chi connectivity index (χ4v) is 3.24. The first kappa shape index (κ1) is 13.9. The van der Waals surface area contributed by atoms with Crippen molar-refractivity contribution in [3.63, 3.8) is 0 Å². The topological polar surface area (TPSA) is 75.4 Å². The summed E-state index contributed by atoms with van der Waals surface area (Å²) in [5.41, 5.74) is 8.11. The van der Waals surface area contributed by atoms with Gasteiger partial charge in [0.2, 0.25) is 11.8 Å². The zero-order chi connectivity index (χ0) is 14.8. The standard InChI is InChI=1S/C16H21N3O2/c17-12-6-7-14-11(8-12)9-16(21)19(14)10-15(20)18-13-4-2-1-3-5-13/h6-8,13H,1-5,9-10,17H2,(H,18,20). The summed E-state index contributed by atoms with van der Waals surface area (Å²) in [5, 5.41) is 3.05. The number of rotatable bonds is 3. The molecule has 1 aliphatic carbocycles. The fourth-order valence-electron chi connectivity index (χ4n) is 3.24. The van der Waals surface area contributed by atoms with Crippen LogP contribution in [0.3, 0.4) is 0 Å². The highest BCUT2D eigenvalue weighted by Crippen LogP contribution is 2.30. The molecule has 21 heavy (non-hydrogen) atoms. The number of benzene rings is 1. The third-order valence-electron chi connectivity index (χ3n) is 4.31. The molecule has 0 unspecified atom stereocenters. The Bertz CT molecular complexity index is 565. The van der Waals surface area contributed by atoms with E-state index < -0.39 is 0 Å². The highest BCUT2D eigenvalue weighted by Gasteiger charge is 2.29. The van der Waals surface area contributed by atoms with E-state index in [1.54, 1.807) is 11.0 Å². The van der Waals surface area contributed by atoms with Gasteiger partial charge in [0, 0.05) is 17.4 Å². The summed E-state index contributed by atoms with van der Waals surface area (Å²) in [7, 11) is 0. The molecule has 2 amide bonds. The van der Waals surface area contributed by atoms with Crippen molar-refractivity contribution in [3.05, 3.63) is 23.8 Å². The van der Waals surface area contributed by atoms with Crippen LogP contribution in [0.1, 0.15) is 37.7 Å². The Balaban J connectivity index is 1.65. The molecule has 5 nitrogen and oxygen atoms in total. The predicted molar refractivity (Wildman–Crippen MR) is 81.9 cm³/mol. The van der Waals surface area contributed by atoms with Gasteiger partial charge in [0.05, 0.1) is 6.42 Å². The quantitative estimate of drug-likeness (QED) is 0.829. The van der Waals surface area contributed by atoms with Crippen LogP contribution in [-0.2, 0) is 16.0 Å². The second kappa shape index (κ2) is 5.76. The van der Waals surface area contributed by atoms with Crippen LogP contribution in [0.4, 0.5) is 11.4 Å². The zero-order valence-electron chi connectivity index (χ0n) is 12.1. The predicted octanol–water partition coefficient (Wildman–Crippen LogP) is 1.61. The van der Waals surface area contributed by atoms with Crippen molar-refractivity contribution >= 4 is 23.2 Å². The monoisotopic (exact) mass is 287 g/mol. The number of nitrogens with one attached hydrogen (secondary N) is 1. The van der Waals surface area contributed by atoms with Gasteiger partial charge >= 0.3 is 0 Å². The van der Waals surface area contributed by atoms with Gasteiger partial charge in [-0.2, -0.15) is 0 Å². The lowest BCUT2D eigenvalue weighted by atomic mass is 9.95. The molecule has 2 aliphatic rings. The molecule has 1 aliphatic heterocycles. The minimum atomic E-state index is -0.0695. The van der Waals surface area contributed by atoms with Crippen LogP contribution in [0.25, 0.3) is 0 Å². The Kier molecular flexibility index (Phi) is 3.82. The van der Waals surface area contributed by atoms with Crippen LogP contribution < -0.4 is 16.0 Å². The van der Waals surface area contributed by atoms with Crippen molar-refractivity contribution in [2.75, 3.05) is 17.2 Å². The zero-order valence-corrected chi connectivity index (χ0v) is 12.1. The number of carbonyl (C=O) groups is 2. The second-order valence-corrected chi connectivity index (χ2v) is 5.95. The van der Waals surface area contributed by atoms with E-state index in [1.165, 1.54) is 19.3 Å². The average Bonchev–Trinajstić information content (AvgIpc) is 2.75. The summed E-state index contributed by atoms with van der Waals surface area (Å²) in [4.78, 5) is 25.8. The van der Waals surface area contributed by atoms with Crippen LogP contribution >= 0.6 is 0 Å². The SMILES string of the molecule is Nc1ccc2c(c1)CC(=O)N2CC(=O)NC1CCCCC1. The maximum Gasteiger partial charge on any atom is 0.240 e. The number of hydrogen-bond donors (Lipinski definition) is 2. The van der Waals surface area contributed by atoms with Crippen LogP contribution in [0, 0.1) is 0 Å². The van der Waals surface area contributed by atoms with Crippen LogP contribution in [0.15, 0.2) is 18.2 Å². The van der Waals surface area contributed by atoms with Crippen molar-refractivity contribution in [1.82, 2.24) is 5.32 Å². The van der Waals surface area contributed by atoms with Crippen molar-refractivity contribution in [2.45, 2.75) is 44.6 Å². The van der Waals surface area contributed by atoms with Gasteiger partial charge < -0.3 is 16.0 Å². The molecule has 112 valence electrons. The molecule has 1 heterocycles. The summed E-state index contributed by atoms with van der Waals surface area (Å²) in [6.45, 7) is 0.103. The summed E-state index contributed by atoms with van der Waals surface area (Å²) < 4.78 is 0. The summed E-state index contributed by atoms with van der Waals surface area (Å²) in [5.74, 6) is -0.102. The molecule has 3 N–H and O–H groups in total. The normalized spacial score (nSPS) is 18.7. The molecule has 1 aromatic rings. The van der Waals surface area contributed by atoms with E-state index in [-0.39, 0.29) is 24.4 Å². The fraction of sp³-hybridized carbons (Fsp3) is 0.500. The molecule has 0 bridgehead atoms. The van der Waals surface area contributed by atoms with Gasteiger partial charge in [-0.05, 0) is 36.6 Å². The van der Waals surface area contributed by atoms with Gasteiger partial charge in [-0.15, -0.1) is 0 Å². The molecule has 3 rings (SSSR count). The number of nitrogens with zero attached hydrogens (tertiary/aromatic N) is 1. The van der Waals surface area contributed by atoms with Gasteiger partial charge in [0.1, 0.15) is 6.54 Å². The molecular formula is C16H21N3O2. The summed E-state index contributed by atoms with van der Waals surface area (Å²) >= 11 is 0. The average molecular weight is 287 g/mol. The molecule has 5 heteroatoms. The number of fused-ring (bicyclic) bond motifs is 1. The van der Waals surface area contributed by atoms with Crippen molar-refractivity contribution < 1.29 is 9.59 Å². The lowest BCUT2D eigenvalue weighted by Crippen LogP contribution is -2.43. The molecule has 1 aromatic carbocycles. The lowest BCUT2D eigenvalue weighted by molar-refractivity contribution is -0.123. The Morgan fingerprint density at radius 3 is 2.81 bits per heavy atom. The molecule has 0 radical (unpaired) electrons. The van der Waals surface area contributed by atoms with Gasteiger partial charge in [0.25, 0.3) is 0 Å². The second-order valence-electron chi connectivity index (χ2n) is 5.95. The molecule has 0 spiro atoms. The third kappa shape index (κ3) is 3.01. The lowest BCUT2D eigenvalue weighted by Gasteiger charge is -2.24. The molecule has 1 fully saturated rings. The van der Waals surface area contributed by atoms with Crippen LogP contribution in [0.2, 0.25) is 0 Å². The maximum absolute atomic E-state index is 12.2. The molecular weight excluding hydrogens is 266 g/mol. The number of nitrogen functional groups attached to an aromatic ring is 1. The molecule has 0 saturated heterocycles. The van der Waals surface area contributed by atoms with E-state index in [1.807, 2.05) is 12.1 Å². The van der Waals surface area contributed by atoms with E-state index in [0.717, 1.165) is 24.1 Å². The molecule has 0 atom stereocenters. The van der Waals surface area contributed by atoms with E-state index in [0.29, 0.717) is 12.1 Å². The van der Waals surface area contributed by atoms with Gasteiger partial charge in [0.15, 0.2) is 0 Å². The Morgan fingerprint density at radius 2 is 2.05 bits per heavy atom. The summed E-state index contributed by atoms with van der Waals surface area (Å²) in [6.07, 6.45) is 6.04. The van der Waals surface area contributed by atoms with E-state index >= 15 is 0 Å². The Hall–Kier alpha value is -2.04. The van der Waals surface area contributed by atoms with Crippen molar-refractivity contribution in [1.29, 1.82) is 0 Å². The minimum Gasteiger partial charge on any atom is -0.399 e. The van der Waals surface area contributed by atoms with Crippen molar-refractivity contribution in [3.8, 4) is 0 Å². The van der Waals surface area contributed by atoms with E-state index in [2.05, 4.69) is 5.32 Å². The number of nitrogens with two attached hydrogens (primary N) is 1. The Morgan fingerprint density at radius 1 is 1.29 bits per heavy atom. The van der Waals surface area contributed by atoms with Crippen LogP contribution in [0.5, 0.6) is 0 Å². The Labute approximate surface area is 124 Å². The van der Waals surface area contributed by atoms with Crippen molar-refractivity contribution in [2.24, 2.45) is 0 Å². The highest BCUT2D eigenvalue weighted by molar-refractivity contribution is 6.05. The number of amides is 2. The first-order chi connectivity index (χ1) is 10.1. The summed E-state index contributed by atoms with van der Waals surface area (Å²) in [6, 6.07) is 5.67. The third-order valence-corrected chi connectivity index (χ3v) is 4.31. The van der Waals surface area contributed by atoms with Gasteiger partial charge in [-0.3, -0.25) is 9.59 Å². The minimum absolute atomic E-state index is 0.0330. The number of anilines is 2. The highest BCUT2D eigenvalue weighted by atomic mass is 16.2. The largest absolute Gasteiger partial charge is 0.399 e.